The quantitative estimate of drug-likeness (QED) is 0.0958. The van der Waals surface area contributed by atoms with E-state index in [1.54, 1.807) is 35.0 Å². The molecule has 0 bridgehead atoms. The first-order valence-electron chi connectivity index (χ1n) is 17.2. The number of H-pyrrole nitrogens is 1. The van der Waals surface area contributed by atoms with Crippen LogP contribution in [0.3, 0.4) is 0 Å². The molecule has 2 aromatic heterocycles. The first-order valence-corrected chi connectivity index (χ1v) is 17.2. The Morgan fingerprint density at radius 2 is 1.12 bits per heavy atom. The lowest BCUT2D eigenvalue weighted by atomic mass is 9.82. The Morgan fingerprint density at radius 1 is 0.500 bits per heavy atom. The summed E-state index contributed by atoms with van der Waals surface area (Å²) in [6.07, 6.45) is 0.588. The van der Waals surface area contributed by atoms with E-state index in [0.717, 1.165) is 70.8 Å². The lowest BCUT2D eigenvalue weighted by Gasteiger charge is -2.24. The largest absolute Gasteiger partial charge is 0.354 e. The average molecular weight is 670 g/mol. The third-order valence-electron chi connectivity index (χ3n) is 11.7. The number of nitrogens with one attached hydrogen (secondary N) is 1. The van der Waals surface area contributed by atoms with Crippen LogP contribution in [0.15, 0.2) is 114 Å². The topological polar surface area (TPSA) is 115 Å². The molecule has 7 nitrogen and oxygen atoms in total. The van der Waals surface area contributed by atoms with E-state index in [-0.39, 0.29) is 22.8 Å². The van der Waals surface area contributed by atoms with Gasteiger partial charge in [-0.2, -0.15) is 0 Å². The molecule has 242 valence electrons. The Labute approximate surface area is 292 Å². The molecule has 0 aliphatic heterocycles. The van der Waals surface area contributed by atoms with Gasteiger partial charge in [0.1, 0.15) is 0 Å². The van der Waals surface area contributed by atoms with Gasteiger partial charge in [-0.1, -0.05) is 78.9 Å². The Bertz CT molecular complexity index is 3480. The van der Waals surface area contributed by atoms with Crippen molar-refractivity contribution in [2.75, 3.05) is 5.84 Å². The van der Waals surface area contributed by atoms with Crippen molar-refractivity contribution < 1.29 is 14.4 Å². The van der Waals surface area contributed by atoms with Gasteiger partial charge in [0, 0.05) is 77.5 Å². The second kappa shape index (κ2) is 9.15. The Kier molecular flexibility index (Phi) is 4.87. The van der Waals surface area contributed by atoms with E-state index in [2.05, 4.69) is 4.98 Å². The van der Waals surface area contributed by atoms with Crippen LogP contribution in [0.5, 0.6) is 0 Å². The van der Waals surface area contributed by atoms with Crippen LogP contribution in [0.2, 0.25) is 0 Å². The van der Waals surface area contributed by atoms with Crippen molar-refractivity contribution >= 4 is 93.3 Å². The fourth-order valence-corrected chi connectivity index (χ4v) is 9.43. The molecule has 3 N–H and O–H groups in total. The number of rotatable bonds is 0. The molecule has 2 aliphatic rings. The Morgan fingerprint density at radius 3 is 1.96 bits per heavy atom. The number of nitrogens with two attached hydrogens (primary N) is 1. The van der Waals surface area contributed by atoms with Crippen LogP contribution in [0.4, 0.5) is 0 Å². The van der Waals surface area contributed by atoms with Gasteiger partial charge in [-0.15, -0.1) is 0 Å². The third kappa shape index (κ3) is 3.10. The fourth-order valence-electron chi connectivity index (χ4n) is 9.43. The van der Waals surface area contributed by atoms with Crippen LogP contribution in [0, 0.1) is 0 Å². The first-order chi connectivity index (χ1) is 25.4. The lowest BCUT2D eigenvalue weighted by molar-refractivity contribution is 0.0980. The standard InChI is InChI=1S/C45H23N3O4/c46-48-34-18-16-22-23-15-17-33-36(29-12-14-31-39(40(29)47-33)44(51)27-8-4-3-7-26(27)43(31)50)38(23)45(52)30-13-9-24(37(34)35(22)30)25-10-11-28-32(41(25)48)19-20-5-1-2-6-21(20)42(28)49/h1-18,47H,19,46H2. The van der Waals surface area contributed by atoms with E-state index in [0.29, 0.717) is 56.0 Å². The fraction of sp³-hybridized carbons (Fsp3) is 0.0222. The molecule has 52 heavy (non-hydrogen) atoms. The van der Waals surface area contributed by atoms with Gasteiger partial charge in [-0.3, -0.25) is 23.9 Å². The molecule has 2 aliphatic carbocycles. The van der Waals surface area contributed by atoms with Gasteiger partial charge in [0.25, 0.3) is 0 Å². The van der Waals surface area contributed by atoms with Crippen molar-refractivity contribution in [3.63, 3.8) is 0 Å². The molecule has 8 aromatic carbocycles. The maximum atomic E-state index is 14.8. The summed E-state index contributed by atoms with van der Waals surface area (Å²) in [5.41, 5.74) is 7.44. The monoisotopic (exact) mass is 669 g/mol. The van der Waals surface area contributed by atoms with E-state index >= 15 is 0 Å². The van der Waals surface area contributed by atoms with Crippen LogP contribution in [0.25, 0.3) is 75.9 Å². The number of nitrogen functional groups attached to an aromatic ring is 1. The van der Waals surface area contributed by atoms with Crippen molar-refractivity contribution in [2.24, 2.45) is 0 Å². The molecule has 0 amide bonds. The predicted molar refractivity (Wildman–Crippen MR) is 205 cm³/mol. The Hall–Kier alpha value is -7.12. The number of ketones is 3. The number of aromatic amines is 1. The van der Waals surface area contributed by atoms with Gasteiger partial charge in [0.05, 0.1) is 22.1 Å². The second-order valence-electron chi connectivity index (χ2n) is 14.0. The number of benzene rings is 8. The van der Waals surface area contributed by atoms with Crippen LogP contribution >= 0.6 is 0 Å². The summed E-state index contributed by atoms with van der Waals surface area (Å²) in [6, 6.07) is 33.9. The summed E-state index contributed by atoms with van der Waals surface area (Å²) in [5.74, 6) is 6.60. The number of hydrogen-bond donors (Lipinski definition) is 2. The van der Waals surface area contributed by atoms with Crippen molar-refractivity contribution in [1.29, 1.82) is 0 Å². The van der Waals surface area contributed by atoms with E-state index in [1.165, 1.54) is 0 Å². The van der Waals surface area contributed by atoms with Crippen LogP contribution < -0.4 is 11.3 Å². The zero-order valence-corrected chi connectivity index (χ0v) is 27.3. The van der Waals surface area contributed by atoms with E-state index < -0.39 is 0 Å². The molecule has 0 saturated heterocycles. The maximum absolute atomic E-state index is 14.8. The number of pyridine rings is 1. The summed E-state index contributed by atoms with van der Waals surface area (Å²) in [6.45, 7) is 0. The third-order valence-corrected chi connectivity index (χ3v) is 11.7. The summed E-state index contributed by atoms with van der Waals surface area (Å²) in [4.78, 5) is 59.2. The zero-order chi connectivity index (χ0) is 34.7. The van der Waals surface area contributed by atoms with Gasteiger partial charge >= 0.3 is 0 Å². The zero-order valence-electron chi connectivity index (χ0n) is 27.3. The molecular formula is C45H23N3O4. The predicted octanol–water partition coefficient (Wildman–Crippen LogP) is 8.31. The highest BCUT2D eigenvalue weighted by molar-refractivity contribution is 6.37. The summed E-state index contributed by atoms with van der Waals surface area (Å²) in [7, 11) is 0. The van der Waals surface area contributed by atoms with Gasteiger partial charge in [-0.05, 0) is 57.6 Å². The minimum Gasteiger partial charge on any atom is -0.354 e. The maximum Gasteiger partial charge on any atom is 0.196 e. The minimum absolute atomic E-state index is 0.00353. The van der Waals surface area contributed by atoms with Gasteiger partial charge in [-0.25, -0.2) is 0 Å². The van der Waals surface area contributed by atoms with Crippen LogP contribution in [-0.4, -0.2) is 27.0 Å². The second-order valence-corrected chi connectivity index (χ2v) is 14.0. The summed E-state index contributed by atoms with van der Waals surface area (Å²) >= 11 is 0. The van der Waals surface area contributed by atoms with Crippen molar-refractivity contribution in [2.45, 2.75) is 6.42 Å². The highest BCUT2D eigenvalue weighted by Crippen LogP contribution is 2.44. The van der Waals surface area contributed by atoms with Crippen molar-refractivity contribution in [3.8, 4) is 0 Å². The lowest BCUT2D eigenvalue weighted by Crippen LogP contribution is -2.21. The number of carbonyl (C=O) groups excluding carboxylic acids is 3. The van der Waals surface area contributed by atoms with E-state index in [4.69, 9.17) is 5.84 Å². The molecule has 0 spiro atoms. The SMILES string of the molecule is Nn1c2ccc3c4ccc5[nH]c6c7c(ccc6c5c4c(=O)c4ccc(c5ccc6c(c51)Cc1ccccc1C6=O)c2c43)C(=O)c1ccccc1C7=O. The smallest absolute Gasteiger partial charge is 0.196 e. The van der Waals surface area contributed by atoms with Crippen molar-refractivity contribution in [3.05, 3.63) is 164 Å². The summed E-state index contributed by atoms with van der Waals surface area (Å²) < 4.78 is 1.69. The number of aromatic nitrogens is 2. The minimum atomic E-state index is -0.214. The molecule has 0 radical (unpaired) electrons. The van der Waals surface area contributed by atoms with Crippen LogP contribution in [-0.2, 0) is 6.42 Å². The Balaban J connectivity index is 1.17. The molecule has 10 aromatic rings. The normalized spacial score (nSPS) is 14.0. The number of hydrogen-bond acceptors (Lipinski definition) is 5. The van der Waals surface area contributed by atoms with Gasteiger partial charge in [0.15, 0.2) is 22.8 Å². The van der Waals surface area contributed by atoms with E-state index in [1.807, 2.05) is 78.9 Å². The highest BCUT2D eigenvalue weighted by Gasteiger charge is 2.33. The molecule has 2 heterocycles. The number of carbonyl (C=O) groups is 3. The molecule has 0 atom stereocenters. The highest BCUT2D eigenvalue weighted by atomic mass is 16.1. The molecule has 7 heteroatoms. The van der Waals surface area contributed by atoms with Crippen molar-refractivity contribution in [1.82, 2.24) is 9.66 Å². The molecule has 0 fully saturated rings. The molecule has 0 saturated carbocycles. The number of nitrogens with zero attached hydrogens (tertiary/aromatic N) is 1. The molecule has 0 unspecified atom stereocenters. The van der Waals surface area contributed by atoms with E-state index in [9.17, 15) is 19.2 Å². The first kappa shape index (κ1) is 27.7. The van der Waals surface area contributed by atoms with Crippen LogP contribution in [0.1, 0.15) is 58.9 Å². The number of fused-ring (bicyclic) bond motifs is 14. The molecule has 12 rings (SSSR count). The molecular weight excluding hydrogens is 647 g/mol. The summed E-state index contributed by atoms with van der Waals surface area (Å²) in [5, 5.41) is 7.88. The average Bonchev–Trinajstić information content (AvgIpc) is 3.56. The van der Waals surface area contributed by atoms with Gasteiger partial charge < -0.3 is 10.8 Å². The van der Waals surface area contributed by atoms with Gasteiger partial charge in [0.2, 0.25) is 0 Å².